The van der Waals surface area contributed by atoms with Gasteiger partial charge in [-0.25, -0.2) is 0 Å². The highest BCUT2D eigenvalue weighted by Crippen LogP contribution is 2.41. The number of nitrogens with zero attached hydrogens (tertiary/aromatic N) is 2. The molecular weight excluding hydrogens is 407 g/mol. The van der Waals surface area contributed by atoms with E-state index in [-0.39, 0.29) is 30.7 Å². The van der Waals surface area contributed by atoms with Crippen LogP contribution in [-0.2, 0) is 4.74 Å². The molecule has 2 aromatic rings. The quantitative estimate of drug-likeness (QED) is 0.757. The summed E-state index contributed by atoms with van der Waals surface area (Å²) in [6, 6.07) is 9.00. The van der Waals surface area contributed by atoms with Crippen molar-refractivity contribution in [3.05, 3.63) is 40.4 Å². The molecule has 2 heterocycles. The van der Waals surface area contributed by atoms with Crippen LogP contribution < -0.4 is 10.6 Å². The standard InChI is InChI=1S/C18H22N4O2S.2ClH/c1-11-21-22-18(25-11)20-17(23)13-4-2-3-12(9-13)15-10-16(15)19-14-5-7-24-8-6-14;;/h2-4,9,14-16,19H,5-8,10H2,1H3,(H,20,22,23);2*1H/t15-,16+;;/m0../s1. The first-order valence-electron chi connectivity index (χ1n) is 8.74. The van der Waals surface area contributed by atoms with E-state index in [0.717, 1.165) is 37.5 Å². The topological polar surface area (TPSA) is 76.1 Å². The van der Waals surface area contributed by atoms with Crippen molar-refractivity contribution in [1.82, 2.24) is 15.5 Å². The molecule has 4 rings (SSSR count). The fourth-order valence-corrected chi connectivity index (χ4v) is 3.93. The molecule has 1 aromatic carbocycles. The Hall–Kier alpha value is -1.25. The van der Waals surface area contributed by atoms with Crippen LogP contribution in [0, 0.1) is 6.92 Å². The number of aryl methyl sites for hydroxylation is 1. The number of amides is 1. The van der Waals surface area contributed by atoms with E-state index in [9.17, 15) is 4.79 Å². The van der Waals surface area contributed by atoms with Gasteiger partial charge in [0.05, 0.1) is 0 Å². The lowest BCUT2D eigenvalue weighted by atomic mass is 10.1. The molecule has 2 atom stereocenters. The molecule has 1 saturated heterocycles. The first kappa shape index (κ1) is 22.0. The Morgan fingerprint density at radius 1 is 1.22 bits per heavy atom. The Bertz CT molecular complexity index is 767. The summed E-state index contributed by atoms with van der Waals surface area (Å²) in [6.07, 6.45) is 3.32. The van der Waals surface area contributed by atoms with E-state index in [4.69, 9.17) is 4.74 Å². The average molecular weight is 431 g/mol. The molecule has 0 unspecified atom stereocenters. The number of rotatable bonds is 5. The molecule has 2 N–H and O–H groups in total. The molecule has 9 heteroatoms. The number of anilines is 1. The highest BCUT2D eigenvalue weighted by atomic mass is 35.5. The highest BCUT2D eigenvalue weighted by molar-refractivity contribution is 7.15. The van der Waals surface area contributed by atoms with Crippen molar-refractivity contribution in [3.8, 4) is 0 Å². The summed E-state index contributed by atoms with van der Waals surface area (Å²) in [6.45, 7) is 3.58. The smallest absolute Gasteiger partial charge is 0.257 e. The summed E-state index contributed by atoms with van der Waals surface area (Å²) < 4.78 is 5.41. The Morgan fingerprint density at radius 3 is 2.70 bits per heavy atom. The maximum Gasteiger partial charge on any atom is 0.257 e. The summed E-state index contributed by atoms with van der Waals surface area (Å²) in [5, 5.41) is 15.8. The minimum Gasteiger partial charge on any atom is -0.381 e. The summed E-state index contributed by atoms with van der Waals surface area (Å²) in [7, 11) is 0. The number of hydrogen-bond donors (Lipinski definition) is 2. The molecule has 27 heavy (non-hydrogen) atoms. The van der Waals surface area contributed by atoms with Gasteiger partial charge in [-0.05, 0) is 43.9 Å². The Kier molecular flexibility index (Phi) is 8.00. The van der Waals surface area contributed by atoms with Crippen molar-refractivity contribution in [2.75, 3.05) is 18.5 Å². The molecule has 0 bridgehead atoms. The van der Waals surface area contributed by atoms with Gasteiger partial charge in [0.15, 0.2) is 0 Å². The van der Waals surface area contributed by atoms with Crippen molar-refractivity contribution >= 4 is 47.2 Å². The van der Waals surface area contributed by atoms with Crippen LogP contribution in [0.4, 0.5) is 5.13 Å². The predicted molar refractivity (Wildman–Crippen MR) is 112 cm³/mol. The van der Waals surface area contributed by atoms with E-state index in [2.05, 4.69) is 26.9 Å². The SMILES string of the molecule is Cc1nnc(NC(=O)c2cccc([C@@H]3C[C@H]3NC3CCOCC3)c2)s1.Cl.Cl. The second kappa shape index (κ2) is 9.80. The molecule has 2 aliphatic rings. The number of ether oxygens (including phenoxy) is 1. The van der Waals surface area contributed by atoms with E-state index >= 15 is 0 Å². The van der Waals surface area contributed by atoms with Gasteiger partial charge in [0.1, 0.15) is 5.01 Å². The molecule has 148 valence electrons. The average Bonchev–Trinajstić information content (AvgIpc) is 3.28. The fourth-order valence-electron chi connectivity index (χ4n) is 3.34. The van der Waals surface area contributed by atoms with Crippen LogP contribution in [0.1, 0.15) is 46.1 Å². The minimum absolute atomic E-state index is 0. The lowest BCUT2D eigenvalue weighted by molar-refractivity contribution is 0.0774. The number of halogens is 2. The summed E-state index contributed by atoms with van der Waals surface area (Å²) in [4.78, 5) is 12.4. The first-order valence-corrected chi connectivity index (χ1v) is 9.56. The zero-order valence-electron chi connectivity index (χ0n) is 15.0. The molecule has 0 radical (unpaired) electrons. The van der Waals surface area contributed by atoms with E-state index in [1.165, 1.54) is 16.9 Å². The molecule has 1 saturated carbocycles. The van der Waals surface area contributed by atoms with Crippen LogP contribution in [0.25, 0.3) is 0 Å². The molecule has 1 amide bonds. The minimum atomic E-state index is -0.132. The molecule has 6 nitrogen and oxygen atoms in total. The first-order chi connectivity index (χ1) is 12.2. The van der Waals surface area contributed by atoms with Crippen LogP contribution in [0.15, 0.2) is 24.3 Å². The van der Waals surface area contributed by atoms with Crippen molar-refractivity contribution in [2.24, 2.45) is 0 Å². The van der Waals surface area contributed by atoms with Crippen LogP contribution in [0.3, 0.4) is 0 Å². The van der Waals surface area contributed by atoms with Crippen LogP contribution in [0.5, 0.6) is 0 Å². The lowest BCUT2D eigenvalue weighted by Gasteiger charge is -2.23. The molecule has 2 fully saturated rings. The maximum absolute atomic E-state index is 12.4. The monoisotopic (exact) mass is 430 g/mol. The van der Waals surface area contributed by atoms with E-state index < -0.39 is 0 Å². The Balaban J connectivity index is 0.00000131. The van der Waals surface area contributed by atoms with Crippen molar-refractivity contribution in [2.45, 2.75) is 44.2 Å². The fraction of sp³-hybridized carbons (Fsp3) is 0.500. The van der Waals surface area contributed by atoms with Gasteiger partial charge in [0.25, 0.3) is 5.91 Å². The number of benzene rings is 1. The van der Waals surface area contributed by atoms with Crippen LogP contribution in [-0.4, -0.2) is 41.4 Å². The van der Waals surface area contributed by atoms with Gasteiger partial charge >= 0.3 is 0 Å². The van der Waals surface area contributed by atoms with Gasteiger partial charge in [-0.1, -0.05) is 23.5 Å². The lowest BCUT2D eigenvalue weighted by Crippen LogP contribution is -2.36. The van der Waals surface area contributed by atoms with E-state index in [0.29, 0.717) is 28.7 Å². The van der Waals surface area contributed by atoms with Gasteiger partial charge in [-0.15, -0.1) is 35.0 Å². The van der Waals surface area contributed by atoms with Crippen molar-refractivity contribution in [3.63, 3.8) is 0 Å². The summed E-state index contributed by atoms with van der Waals surface area (Å²) in [5.74, 6) is 0.368. The van der Waals surface area contributed by atoms with Gasteiger partial charge in [0.2, 0.25) is 5.13 Å². The van der Waals surface area contributed by atoms with Gasteiger partial charge in [-0.2, -0.15) is 0 Å². The Morgan fingerprint density at radius 2 is 2.00 bits per heavy atom. The van der Waals surface area contributed by atoms with Gasteiger partial charge in [-0.3, -0.25) is 10.1 Å². The van der Waals surface area contributed by atoms with Crippen LogP contribution in [0.2, 0.25) is 0 Å². The van der Waals surface area contributed by atoms with E-state index in [1.54, 1.807) is 0 Å². The van der Waals surface area contributed by atoms with Crippen molar-refractivity contribution < 1.29 is 9.53 Å². The normalized spacial score (nSPS) is 21.7. The summed E-state index contributed by atoms with van der Waals surface area (Å²) >= 11 is 1.38. The third-order valence-electron chi connectivity index (χ3n) is 4.78. The zero-order chi connectivity index (χ0) is 17.2. The molecule has 1 aromatic heterocycles. The Labute approximate surface area is 175 Å². The third kappa shape index (κ3) is 5.62. The van der Waals surface area contributed by atoms with E-state index in [1.807, 2.05) is 25.1 Å². The van der Waals surface area contributed by atoms with Gasteiger partial charge < -0.3 is 10.1 Å². The second-order valence-electron chi connectivity index (χ2n) is 6.71. The van der Waals surface area contributed by atoms with Crippen molar-refractivity contribution in [1.29, 1.82) is 0 Å². The maximum atomic E-state index is 12.4. The number of hydrogen-bond acceptors (Lipinski definition) is 6. The molecule has 1 aliphatic heterocycles. The molecule has 1 aliphatic carbocycles. The largest absolute Gasteiger partial charge is 0.381 e. The van der Waals surface area contributed by atoms with Gasteiger partial charge in [0, 0.05) is 36.8 Å². The number of carbonyl (C=O) groups excluding carboxylic acids is 1. The molecular formula is C18H24Cl2N4O2S. The van der Waals surface area contributed by atoms with Crippen LogP contribution >= 0.6 is 36.2 Å². The number of aromatic nitrogens is 2. The summed E-state index contributed by atoms with van der Waals surface area (Å²) in [5.41, 5.74) is 1.90. The number of carbonyl (C=O) groups is 1. The second-order valence-corrected chi connectivity index (χ2v) is 7.89. The predicted octanol–water partition coefficient (Wildman–Crippen LogP) is 3.57. The highest BCUT2D eigenvalue weighted by Gasteiger charge is 2.39. The third-order valence-corrected chi connectivity index (χ3v) is 5.54. The number of nitrogens with one attached hydrogen (secondary N) is 2. The molecule has 0 spiro atoms. The zero-order valence-corrected chi connectivity index (χ0v) is 17.5.